The van der Waals surface area contributed by atoms with E-state index in [1.165, 1.54) is 0 Å². The van der Waals surface area contributed by atoms with Gasteiger partial charge in [-0.15, -0.1) is 24.8 Å². The molecule has 7 heteroatoms. The second kappa shape index (κ2) is 9.30. The minimum Gasteiger partial charge on any atom is -0.340 e. The number of aromatic nitrogens is 1. The smallest absolute Gasteiger partial charge is 0.254 e. The van der Waals surface area contributed by atoms with Crippen LogP contribution in [0.1, 0.15) is 16.1 Å². The lowest BCUT2D eigenvalue weighted by molar-refractivity contribution is 0.0798. The molecule has 1 N–H and O–H groups in total. The molecule has 22 heavy (non-hydrogen) atoms. The molecule has 0 atom stereocenters. The number of rotatable bonds is 4. The molecule has 1 aromatic heterocycles. The zero-order valence-corrected chi connectivity index (χ0v) is 15.9. The molecule has 122 valence electrons. The molecule has 1 aromatic carbocycles. The monoisotopic (exact) mass is 407 g/mol. The van der Waals surface area contributed by atoms with Gasteiger partial charge in [0, 0.05) is 35.7 Å². The second-order valence-electron chi connectivity index (χ2n) is 4.80. The molecular formula is C15H20BrCl2N3O. The van der Waals surface area contributed by atoms with Gasteiger partial charge in [0.1, 0.15) is 0 Å². The van der Waals surface area contributed by atoms with Crippen LogP contribution in [-0.2, 0) is 0 Å². The first-order chi connectivity index (χ1) is 9.52. The second-order valence-corrected chi connectivity index (χ2v) is 5.72. The molecule has 2 aromatic rings. The lowest BCUT2D eigenvalue weighted by Gasteiger charge is -2.18. The largest absolute Gasteiger partial charge is 0.340 e. The zero-order valence-electron chi connectivity index (χ0n) is 12.7. The van der Waals surface area contributed by atoms with E-state index in [0.29, 0.717) is 12.1 Å². The molecule has 0 saturated heterocycles. The Bertz CT molecular complexity index is 647. The summed E-state index contributed by atoms with van der Waals surface area (Å²) in [6, 6.07) is 7.66. The van der Waals surface area contributed by atoms with Crippen LogP contribution in [0.3, 0.4) is 0 Å². The van der Waals surface area contributed by atoms with Gasteiger partial charge in [-0.1, -0.05) is 22.0 Å². The summed E-state index contributed by atoms with van der Waals surface area (Å²) in [5, 5.41) is 3.94. The molecule has 4 nitrogen and oxygen atoms in total. The van der Waals surface area contributed by atoms with E-state index in [1.54, 1.807) is 4.90 Å². The van der Waals surface area contributed by atoms with Crippen LogP contribution in [0.5, 0.6) is 0 Å². The summed E-state index contributed by atoms with van der Waals surface area (Å²) in [5.41, 5.74) is 2.39. The number of nitrogens with one attached hydrogen (secondary N) is 1. The van der Waals surface area contributed by atoms with Gasteiger partial charge < -0.3 is 10.2 Å². The van der Waals surface area contributed by atoms with E-state index in [4.69, 9.17) is 0 Å². The van der Waals surface area contributed by atoms with Crippen molar-refractivity contribution in [2.24, 2.45) is 0 Å². The summed E-state index contributed by atoms with van der Waals surface area (Å²) >= 11 is 3.44. The Morgan fingerprint density at radius 2 is 2.00 bits per heavy atom. The first kappa shape index (κ1) is 21.1. The fourth-order valence-electron chi connectivity index (χ4n) is 2.10. The Hall–Kier alpha value is -0.880. The Morgan fingerprint density at radius 1 is 1.32 bits per heavy atom. The van der Waals surface area contributed by atoms with Crippen molar-refractivity contribution in [1.29, 1.82) is 0 Å². The summed E-state index contributed by atoms with van der Waals surface area (Å²) in [6.45, 7) is 3.36. The van der Waals surface area contributed by atoms with Crippen LogP contribution in [0.4, 0.5) is 0 Å². The number of pyridine rings is 1. The number of aryl methyl sites for hydroxylation is 1. The van der Waals surface area contributed by atoms with Crippen LogP contribution in [0.25, 0.3) is 10.9 Å². The van der Waals surface area contributed by atoms with Crippen LogP contribution in [0.2, 0.25) is 0 Å². The van der Waals surface area contributed by atoms with Gasteiger partial charge >= 0.3 is 0 Å². The number of carbonyl (C=O) groups is 1. The highest BCUT2D eigenvalue weighted by molar-refractivity contribution is 9.10. The summed E-state index contributed by atoms with van der Waals surface area (Å²) in [7, 11) is 3.70. The number of fused-ring (bicyclic) bond motifs is 1. The molecular weight excluding hydrogens is 389 g/mol. The van der Waals surface area contributed by atoms with E-state index in [2.05, 4.69) is 26.2 Å². The maximum atomic E-state index is 12.6. The number of benzene rings is 1. The predicted molar refractivity (Wildman–Crippen MR) is 99.6 cm³/mol. The van der Waals surface area contributed by atoms with E-state index in [1.807, 2.05) is 45.3 Å². The third-order valence-electron chi connectivity index (χ3n) is 3.17. The van der Waals surface area contributed by atoms with Crippen molar-refractivity contribution >= 4 is 57.6 Å². The minimum absolute atomic E-state index is 0. The molecule has 0 aliphatic rings. The molecule has 0 radical (unpaired) electrons. The van der Waals surface area contributed by atoms with Gasteiger partial charge in [-0.3, -0.25) is 9.78 Å². The average Bonchev–Trinajstić information content (AvgIpc) is 2.42. The average molecular weight is 409 g/mol. The Balaban J connectivity index is 0.00000220. The van der Waals surface area contributed by atoms with E-state index in [9.17, 15) is 4.79 Å². The number of nitrogens with zero attached hydrogens (tertiary/aromatic N) is 2. The number of halogens is 3. The van der Waals surface area contributed by atoms with Crippen molar-refractivity contribution in [3.8, 4) is 0 Å². The molecule has 1 amide bonds. The van der Waals surface area contributed by atoms with Crippen LogP contribution in [0, 0.1) is 6.92 Å². The highest BCUT2D eigenvalue weighted by atomic mass is 79.9. The Labute approximate surface area is 151 Å². The lowest BCUT2D eigenvalue weighted by Crippen LogP contribution is -2.33. The van der Waals surface area contributed by atoms with Crippen molar-refractivity contribution in [3.05, 3.63) is 40.0 Å². The van der Waals surface area contributed by atoms with Gasteiger partial charge in [0.25, 0.3) is 5.91 Å². The maximum absolute atomic E-state index is 12.6. The molecule has 0 fully saturated rings. The molecule has 0 unspecified atom stereocenters. The van der Waals surface area contributed by atoms with Crippen molar-refractivity contribution < 1.29 is 4.79 Å². The number of hydrogen-bond donors (Lipinski definition) is 1. The highest BCUT2D eigenvalue weighted by Crippen LogP contribution is 2.23. The molecule has 0 saturated carbocycles. The first-order valence-corrected chi connectivity index (χ1v) is 7.29. The number of hydrogen-bond acceptors (Lipinski definition) is 3. The third kappa shape index (κ3) is 4.81. The number of likely N-dealkylation sites (N-methyl/N-ethyl adjacent to an activating group) is 2. The van der Waals surface area contributed by atoms with Crippen LogP contribution >= 0.6 is 40.7 Å². The molecule has 2 rings (SSSR count). The molecule has 0 bridgehead atoms. The lowest BCUT2D eigenvalue weighted by atomic mass is 10.1. The fraction of sp³-hybridized carbons (Fsp3) is 0.333. The normalized spacial score (nSPS) is 9.82. The van der Waals surface area contributed by atoms with E-state index in [0.717, 1.165) is 27.6 Å². The van der Waals surface area contributed by atoms with Crippen LogP contribution < -0.4 is 5.32 Å². The van der Waals surface area contributed by atoms with Gasteiger partial charge in [0.15, 0.2) is 0 Å². The summed E-state index contributed by atoms with van der Waals surface area (Å²) < 4.78 is 0.963. The topological polar surface area (TPSA) is 45.2 Å². The predicted octanol–water partition coefficient (Wildman–Crippen LogP) is 3.44. The summed E-state index contributed by atoms with van der Waals surface area (Å²) in [4.78, 5) is 18.8. The van der Waals surface area contributed by atoms with E-state index >= 15 is 0 Å². The Morgan fingerprint density at radius 3 is 2.64 bits per heavy atom. The SMILES string of the molecule is CNCCN(C)C(=O)c1cc(C)nc2cc(Br)ccc12.Cl.Cl. The molecule has 0 spiro atoms. The Kier molecular flexibility index (Phi) is 8.93. The van der Waals surface area contributed by atoms with Gasteiger partial charge in [-0.05, 0) is 32.2 Å². The van der Waals surface area contributed by atoms with E-state index in [-0.39, 0.29) is 30.7 Å². The zero-order chi connectivity index (χ0) is 14.7. The van der Waals surface area contributed by atoms with Crippen LogP contribution in [-0.4, -0.2) is 43.0 Å². The van der Waals surface area contributed by atoms with Gasteiger partial charge in [0.05, 0.1) is 11.1 Å². The number of amides is 1. The summed E-state index contributed by atoms with van der Waals surface area (Å²) in [6.07, 6.45) is 0. The summed E-state index contributed by atoms with van der Waals surface area (Å²) in [5.74, 6) is 0.0260. The van der Waals surface area contributed by atoms with Crippen molar-refractivity contribution in [1.82, 2.24) is 15.2 Å². The minimum atomic E-state index is 0. The molecule has 0 aliphatic carbocycles. The molecule has 0 aliphatic heterocycles. The van der Waals surface area contributed by atoms with Crippen molar-refractivity contribution in [2.75, 3.05) is 27.2 Å². The quantitative estimate of drug-likeness (QED) is 0.842. The fourth-order valence-corrected chi connectivity index (χ4v) is 2.45. The van der Waals surface area contributed by atoms with Crippen LogP contribution in [0.15, 0.2) is 28.7 Å². The first-order valence-electron chi connectivity index (χ1n) is 6.50. The van der Waals surface area contributed by atoms with Gasteiger partial charge in [-0.2, -0.15) is 0 Å². The molecule has 1 heterocycles. The highest BCUT2D eigenvalue weighted by Gasteiger charge is 2.15. The van der Waals surface area contributed by atoms with Crippen molar-refractivity contribution in [3.63, 3.8) is 0 Å². The number of carbonyl (C=O) groups excluding carboxylic acids is 1. The van der Waals surface area contributed by atoms with Gasteiger partial charge in [-0.25, -0.2) is 0 Å². The van der Waals surface area contributed by atoms with Gasteiger partial charge in [0.2, 0.25) is 0 Å². The van der Waals surface area contributed by atoms with Crippen molar-refractivity contribution in [2.45, 2.75) is 6.92 Å². The maximum Gasteiger partial charge on any atom is 0.254 e. The van der Waals surface area contributed by atoms with E-state index < -0.39 is 0 Å². The standard InChI is InChI=1S/C15H18BrN3O.2ClH/c1-10-8-13(15(20)19(3)7-6-17-2)12-5-4-11(16)9-14(12)18-10;;/h4-5,8-9,17H,6-7H2,1-3H3;2*1H. The third-order valence-corrected chi connectivity index (χ3v) is 3.67.